The molecule has 1 aromatic carbocycles. The number of halogens is 4. The topological polar surface area (TPSA) is 126 Å². The van der Waals surface area contributed by atoms with E-state index >= 15 is 0 Å². The zero-order chi connectivity index (χ0) is 23.1. The van der Waals surface area contributed by atoms with Gasteiger partial charge in [-0.1, -0.05) is 12.1 Å². The SMILES string of the molecule is NS(=O)(=NC(=O)Nc1c2c(nc(C(F)(F)F)c1-c1ccc(F)cc1)CCC2)c1cc[nH]n1. The van der Waals surface area contributed by atoms with E-state index in [1.165, 1.54) is 12.3 Å². The van der Waals surface area contributed by atoms with Crippen LogP contribution in [0.4, 0.5) is 28.0 Å². The fraction of sp³-hybridized carbons (Fsp3) is 0.211. The van der Waals surface area contributed by atoms with Crippen LogP contribution in [0.25, 0.3) is 11.1 Å². The Hall–Kier alpha value is -3.32. The number of carbonyl (C=O) groups excluding carboxylic acids is 1. The Bertz CT molecular complexity index is 1300. The van der Waals surface area contributed by atoms with E-state index in [9.17, 15) is 26.6 Å². The molecule has 0 saturated carbocycles. The first-order valence-corrected chi connectivity index (χ1v) is 10.9. The van der Waals surface area contributed by atoms with E-state index in [2.05, 4.69) is 24.9 Å². The largest absolute Gasteiger partial charge is 0.434 e. The van der Waals surface area contributed by atoms with Crippen LogP contribution in [-0.4, -0.2) is 25.4 Å². The number of rotatable bonds is 3. The number of amides is 2. The molecule has 0 radical (unpaired) electrons. The lowest BCUT2D eigenvalue weighted by atomic mass is 9.97. The first kappa shape index (κ1) is 21.9. The van der Waals surface area contributed by atoms with Gasteiger partial charge in [-0.05, 0) is 48.6 Å². The van der Waals surface area contributed by atoms with Crippen LogP contribution in [-0.2, 0) is 28.9 Å². The summed E-state index contributed by atoms with van der Waals surface area (Å²) in [5, 5.41) is 13.7. The first-order chi connectivity index (χ1) is 15.1. The summed E-state index contributed by atoms with van der Waals surface area (Å²) in [6.45, 7) is 0. The molecule has 4 rings (SSSR count). The Labute approximate surface area is 179 Å². The summed E-state index contributed by atoms with van der Waals surface area (Å²) in [7, 11) is -3.74. The number of alkyl halides is 3. The smallest absolute Gasteiger partial charge is 0.304 e. The molecular formula is C19H16F4N6O2S. The van der Waals surface area contributed by atoms with Crippen LogP contribution in [0.1, 0.15) is 23.4 Å². The van der Waals surface area contributed by atoms with E-state index in [0.717, 1.165) is 24.3 Å². The van der Waals surface area contributed by atoms with Crippen LogP contribution < -0.4 is 10.5 Å². The lowest BCUT2D eigenvalue weighted by molar-refractivity contribution is -0.140. The molecule has 0 spiro atoms. The maximum atomic E-state index is 13.9. The van der Waals surface area contributed by atoms with Crippen molar-refractivity contribution in [3.63, 3.8) is 0 Å². The van der Waals surface area contributed by atoms with E-state index in [4.69, 9.17) is 5.14 Å². The minimum Gasteiger partial charge on any atom is -0.304 e. The summed E-state index contributed by atoms with van der Waals surface area (Å²) in [4.78, 5) is 16.4. The highest BCUT2D eigenvalue weighted by atomic mass is 32.2. The van der Waals surface area contributed by atoms with Crippen molar-refractivity contribution in [1.82, 2.24) is 15.2 Å². The standard InChI is InChI=1S/C19H16F4N6O2S/c20-11-6-4-10(5-7-11)15-16(12-2-1-3-13(12)26-17(15)19(21,22)23)27-18(30)29-32(24,31)14-8-9-25-28-14/h4-9H,1-3H2,(H,25,28)(H3,24,26,27,29,30,31). The van der Waals surface area contributed by atoms with Gasteiger partial charge in [0.05, 0.1) is 5.69 Å². The number of H-pyrrole nitrogens is 1. The second-order valence-electron chi connectivity index (χ2n) is 7.00. The van der Waals surface area contributed by atoms with Crippen molar-refractivity contribution in [1.29, 1.82) is 0 Å². The summed E-state index contributed by atoms with van der Waals surface area (Å²) in [5.41, 5.74) is -1.22. The molecule has 2 aromatic heterocycles. The molecule has 1 aliphatic rings. The van der Waals surface area contributed by atoms with Crippen LogP contribution >= 0.6 is 0 Å². The van der Waals surface area contributed by atoms with Crippen molar-refractivity contribution in [3.05, 3.63) is 59.3 Å². The average molecular weight is 468 g/mol. The molecule has 0 aliphatic heterocycles. The molecule has 2 heterocycles. The number of benzene rings is 1. The minimum atomic E-state index is -4.85. The van der Waals surface area contributed by atoms with Gasteiger partial charge in [-0.15, -0.1) is 4.36 Å². The summed E-state index contributed by atoms with van der Waals surface area (Å²) in [6, 6.07) is 4.37. The molecule has 0 saturated heterocycles. The molecule has 168 valence electrons. The van der Waals surface area contributed by atoms with E-state index < -0.39 is 39.2 Å². The lowest BCUT2D eigenvalue weighted by Gasteiger charge is -2.20. The van der Waals surface area contributed by atoms with Crippen LogP contribution in [0.3, 0.4) is 0 Å². The van der Waals surface area contributed by atoms with Gasteiger partial charge in [0.25, 0.3) is 0 Å². The maximum Gasteiger partial charge on any atom is 0.434 e. The summed E-state index contributed by atoms with van der Waals surface area (Å²) in [6.07, 6.45) is -2.33. The first-order valence-electron chi connectivity index (χ1n) is 9.31. The van der Waals surface area contributed by atoms with Crippen LogP contribution in [0, 0.1) is 5.82 Å². The maximum absolute atomic E-state index is 13.9. The number of nitrogens with one attached hydrogen (secondary N) is 2. The third-order valence-electron chi connectivity index (χ3n) is 4.85. The molecule has 4 N–H and O–H groups in total. The Morgan fingerprint density at radius 1 is 1.19 bits per heavy atom. The number of nitrogens with zero attached hydrogens (tertiary/aromatic N) is 3. The fourth-order valence-electron chi connectivity index (χ4n) is 3.53. The van der Waals surface area contributed by atoms with Crippen molar-refractivity contribution < 1.29 is 26.6 Å². The van der Waals surface area contributed by atoms with Gasteiger partial charge in [0.2, 0.25) is 0 Å². The Morgan fingerprint density at radius 3 is 2.53 bits per heavy atom. The highest BCUT2D eigenvalue weighted by molar-refractivity contribution is 7.91. The third kappa shape index (κ3) is 4.21. The van der Waals surface area contributed by atoms with Gasteiger partial charge >= 0.3 is 12.2 Å². The van der Waals surface area contributed by atoms with E-state index in [-0.39, 0.29) is 22.0 Å². The Kier molecular flexibility index (Phi) is 5.46. The quantitative estimate of drug-likeness (QED) is 0.501. The molecule has 3 aromatic rings. The van der Waals surface area contributed by atoms with E-state index in [0.29, 0.717) is 24.8 Å². The number of pyridine rings is 1. The monoisotopic (exact) mass is 468 g/mol. The van der Waals surface area contributed by atoms with Crippen LogP contribution in [0.5, 0.6) is 0 Å². The number of aromatic amines is 1. The molecular weight excluding hydrogens is 452 g/mol. The summed E-state index contributed by atoms with van der Waals surface area (Å²) < 4.78 is 71.1. The molecule has 1 aliphatic carbocycles. The predicted molar refractivity (Wildman–Crippen MR) is 107 cm³/mol. The number of aromatic nitrogens is 3. The molecule has 1 unspecified atom stereocenters. The van der Waals surface area contributed by atoms with Crippen molar-refractivity contribution >= 4 is 21.6 Å². The summed E-state index contributed by atoms with van der Waals surface area (Å²) in [5.74, 6) is -0.640. The zero-order valence-electron chi connectivity index (χ0n) is 16.2. The van der Waals surface area contributed by atoms with Crippen molar-refractivity contribution in [2.24, 2.45) is 9.50 Å². The van der Waals surface area contributed by atoms with Gasteiger partial charge in [0, 0.05) is 17.5 Å². The van der Waals surface area contributed by atoms with Crippen molar-refractivity contribution in [3.8, 4) is 11.1 Å². The minimum absolute atomic E-state index is 0.00277. The van der Waals surface area contributed by atoms with Crippen molar-refractivity contribution in [2.75, 3.05) is 5.32 Å². The number of urea groups is 1. The van der Waals surface area contributed by atoms with Gasteiger partial charge in [-0.3, -0.25) is 5.10 Å². The van der Waals surface area contributed by atoms with Gasteiger partial charge < -0.3 is 5.32 Å². The average Bonchev–Trinajstić information content (AvgIpc) is 3.40. The zero-order valence-corrected chi connectivity index (χ0v) is 17.1. The molecule has 1 atom stereocenters. The number of hydrogen-bond donors (Lipinski definition) is 3. The van der Waals surface area contributed by atoms with Crippen LogP contribution in [0.15, 0.2) is 45.9 Å². The molecule has 8 nitrogen and oxygen atoms in total. The van der Waals surface area contributed by atoms with E-state index in [1.54, 1.807) is 0 Å². The number of carbonyl (C=O) groups is 1. The fourth-order valence-corrected chi connectivity index (χ4v) is 4.36. The van der Waals surface area contributed by atoms with Crippen LogP contribution in [0.2, 0.25) is 0 Å². The lowest BCUT2D eigenvalue weighted by Crippen LogP contribution is -2.20. The van der Waals surface area contributed by atoms with E-state index in [1.807, 2.05) is 0 Å². The van der Waals surface area contributed by atoms with Gasteiger partial charge in [0.1, 0.15) is 5.82 Å². The second kappa shape index (κ2) is 7.98. The van der Waals surface area contributed by atoms with Gasteiger partial charge in [-0.25, -0.2) is 23.5 Å². The summed E-state index contributed by atoms with van der Waals surface area (Å²) >= 11 is 0. The normalized spacial score (nSPS) is 15.2. The highest BCUT2D eigenvalue weighted by Crippen LogP contribution is 2.44. The predicted octanol–water partition coefficient (Wildman–Crippen LogP) is 4.05. The van der Waals surface area contributed by atoms with Gasteiger partial charge in [0.15, 0.2) is 20.6 Å². The molecule has 13 heteroatoms. The molecule has 2 amide bonds. The Balaban J connectivity index is 1.89. The number of anilines is 1. The number of hydrogen-bond acceptors (Lipinski definition) is 4. The molecule has 0 fully saturated rings. The highest BCUT2D eigenvalue weighted by Gasteiger charge is 2.39. The van der Waals surface area contributed by atoms with Crippen molar-refractivity contribution in [2.45, 2.75) is 30.5 Å². The molecule has 32 heavy (non-hydrogen) atoms. The number of fused-ring (bicyclic) bond motifs is 1. The Morgan fingerprint density at radius 2 is 1.91 bits per heavy atom. The number of nitrogens with two attached hydrogens (primary N) is 1. The number of aryl methyl sites for hydroxylation is 1. The van der Waals surface area contributed by atoms with Gasteiger partial charge in [-0.2, -0.15) is 18.3 Å². The second-order valence-corrected chi connectivity index (χ2v) is 8.73. The molecule has 0 bridgehead atoms. The third-order valence-corrected chi connectivity index (χ3v) is 6.11.